The van der Waals surface area contributed by atoms with Crippen molar-refractivity contribution >= 4 is 0 Å². The van der Waals surface area contributed by atoms with Crippen LogP contribution in [0.3, 0.4) is 0 Å². The zero-order valence-corrected chi connectivity index (χ0v) is 10.9. The van der Waals surface area contributed by atoms with Crippen molar-refractivity contribution in [3.63, 3.8) is 0 Å². The first-order chi connectivity index (χ1) is 9.02. The minimum absolute atomic E-state index is 0.0395. The van der Waals surface area contributed by atoms with Gasteiger partial charge in [0.25, 0.3) is 0 Å². The van der Waals surface area contributed by atoms with Crippen LogP contribution in [0.1, 0.15) is 30.4 Å². The van der Waals surface area contributed by atoms with Gasteiger partial charge in [-0.25, -0.2) is 0 Å². The molecule has 0 bridgehead atoms. The molecule has 1 fully saturated rings. The van der Waals surface area contributed by atoms with Gasteiger partial charge >= 0.3 is 6.18 Å². The van der Waals surface area contributed by atoms with E-state index in [1.165, 1.54) is 13.2 Å². The van der Waals surface area contributed by atoms with Crippen LogP contribution in [0.5, 0.6) is 5.75 Å². The summed E-state index contributed by atoms with van der Waals surface area (Å²) in [5, 5.41) is 3.34. The maximum Gasteiger partial charge on any atom is 0.419 e. The van der Waals surface area contributed by atoms with Gasteiger partial charge in [0.2, 0.25) is 0 Å². The molecular formula is C14H18F3NO. The lowest BCUT2D eigenvalue weighted by Crippen LogP contribution is -2.35. The lowest BCUT2D eigenvalue weighted by Gasteiger charge is -2.25. The molecular weight excluding hydrogens is 255 g/mol. The lowest BCUT2D eigenvalue weighted by molar-refractivity contribution is -0.138. The predicted molar refractivity (Wildman–Crippen MR) is 67.3 cm³/mol. The lowest BCUT2D eigenvalue weighted by atomic mass is 9.96. The number of hydrogen-bond acceptors (Lipinski definition) is 2. The predicted octanol–water partition coefficient (Wildman–Crippen LogP) is 3.40. The van der Waals surface area contributed by atoms with Crippen molar-refractivity contribution in [3.05, 3.63) is 29.3 Å². The number of methoxy groups -OCH3 is 1. The van der Waals surface area contributed by atoms with E-state index in [-0.39, 0.29) is 11.8 Å². The van der Waals surface area contributed by atoms with E-state index >= 15 is 0 Å². The van der Waals surface area contributed by atoms with Crippen molar-refractivity contribution in [3.8, 4) is 5.75 Å². The summed E-state index contributed by atoms with van der Waals surface area (Å²) in [6.45, 7) is 0.936. The first-order valence-electron chi connectivity index (χ1n) is 6.49. The van der Waals surface area contributed by atoms with E-state index < -0.39 is 11.7 Å². The molecule has 2 rings (SSSR count). The molecule has 19 heavy (non-hydrogen) atoms. The fraction of sp³-hybridized carbons (Fsp3) is 0.571. The molecule has 1 saturated heterocycles. The van der Waals surface area contributed by atoms with Gasteiger partial charge in [-0.3, -0.25) is 0 Å². The fourth-order valence-electron chi connectivity index (χ4n) is 2.57. The first kappa shape index (κ1) is 14.2. The van der Waals surface area contributed by atoms with Crippen LogP contribution < -0.4 is 10.1 Å². The van der Waals surface area contributed by atoms with Gasteiger partial charge in [-0.1, -0.05) is 18.6 Å². The molecule has 1 aromatic rings. The summed E-state index contributed by atoms with van der Waals surface area (Å²) in [4.78, 5) is 0. The van der Waals surface area contributed by atoms with Crippen molar-refractivity contribution in [1.29, 1.82) is 0 Å². The van der Waals surface area contributed by atoms with E-state index in [0.29, 0.717) is 12.0 Å². The number of halogens is 3. The van der Waals surface area contributed by atoms with Crippen LogP contribution in [0.25, 0.3) is 0 Å². The summed E-state index contributed by atoms with van der Waals surface area (Å²) >= 11 is 0. The SMILES string of the molecule is COc1c(CC2CCCCN2)cccc1C(F)(F)F. The Morgan fingerprint density at radius 3 is 2.68 bits per heavy atom. The standard InChI is InChI=1S/C14H18F3NO/c1-19-13-10(9-11-6-2-3-8-18-11)5-4-7-12(13)14(15,16)17/h4-5,7,11,18H,2-3,6,8-9H2,1H3. The van der Waals surface area contributed by atoms with E-state index in [1.807, 2.05) is 0 Å². The van der Waals surface area contributed by atoms with Gasteiger partial charge in [0.15, 0.2) is 0 Å². The van der Waals surface area contributed by atoms with E-state index in [4.69, 9.17) is 4.74 Å². The van der Waals surface area contributed by atoms with E-state index in [1.54, 1.807) is 6.07 Å². The van der Waals surface area contributed by atoms with Crippen molar-refractivity contribution in [2.75, 3.05) is 13.7 Å². The number of rotatable bonds is 3. The second-order valence-corrected chi connectivity index (χ2v) is 4.85. The molecule has 0 aromatic heterocycles. The second kappa shape index (κ2) is 5.82. The smallest absolute Gasteiger partial charge is 0.419 e. The summed E-state index contributed by atoms with van der Waals surface area (Å²) < 4.78 is 43.7. The number of nitrogens with one attached hydrogen (secondary N) is 1. The molecule has 1 atom stereocenters. The molecule has 1 aliphatic heterocycles. The van der Waals surface area contributed by atoms with Crippen LogP contribution in [0.4, 0.5) is 13.2 Å². The maximum absolute atomic E-state index is 12.9. The van der Waals surface area contributed by atoms with Crippen LogP contribution in [0, 0.1) is 0 Å². The number of piperidine rings is 1. The zero-order chi connectivity index (χ0) is 13.9. The highest BCUT2D eigenvalue weighted by molar-refractivity contribution is 5.43. The number of benzene rings is 1. The van der Waals surface area contributed by atoms with Gasteiger partial charge in [-0.2, -0.15) is 13.2 Å². The van der Waals surface area contributed by atoms with Crippen LogP contribution in [-0.2, 0) is 12.6 Å². The molecule has 106 valence electrons. The topological polar surface area (TPSA) is 21.3 Å². The Labute approximate surface area is 111 Å². The van der Waals surface area contributed by atoms with Crippen LogP contribution in [-0.4, -0.2) is 19.7 Å². The average Bonchev–Trinajstić information content (AvgIpc) is 2.38. The Morgan fingerprint density at radius 1 is 1.32 bits per heavy atom. The largest absolute Gasteiger partial charge is 0.496 e. The summed E-state index contributed by atoms with van der Waals surface area (Å²) in [6, 6.07) is 4.47. The molecule has 1 aliphatic rings. The summed E-state index contributed by atoms with van der Waals surface area (Å²) in [5.41, 5.74) is -0.0694. The third-order valence-electron chi connectivity index (χ3n) is 3.48. The van der Waals surface area contributed by atoms with Gasteiger partial charge in [-0.05, 0) is 37.4 Å². The van der Waals surface area contributed by atoms with Gasteiger partial charge < -0.3 is 10.1 Å². The highest BCUT2D eigenvalue weighted by atomic mass is 19.4. The van der Waals surface area contributed by atoms with Crippen LogP contribution in [0.2, 0.25) is 0 Å². The highest BCUT2D eigenvalue weighted by Gasteiger charge is 2.35. The van der Waals surface area contributed by atoms with Gasteiger partial charge in [0.1, 0.15) is 5.75 Å². The molecule has 1 unspecified atom stereocenters. The minimum Gasteiger partial charge on any atom is -0.496 e. The Bertz CT molecular complexity index is 425. The molecule has 1 N–H and O–H groups in total. The summed E-state index contributed by atoms with van der Waals surface area (Å²) in [5.74, 6) is -0.0395. The molecule has 1 aromatic carbocycles. The molecule has 0 aliphatic carbocycles. The number of ether oxygens (including phenoxy) is 1. The monoisotopic (exact) mass is 273 g/mol. The number of alkyl halides is 3. The van der Waals surface area contributed by atoms with E-state index in [9.17, 15) is 13.2 Å². The highest BCUT2D eigenvalue weighted by Crippen LogP contribution is 2.38. The molecule has 0 saturated carbocycles. The van der Waals surface area contributed by atoms with Crippen LogP contribution in [0.15, 0.2) is 18.2 Å². The third kappa shape index (κ3) is 3.41. The van der Waals surface area contributed by atoms with Gasteiger partial charge in [0.05, 0.1) is 12.7 Å². The number of hydrogen-bond donors (Lipinski definition) is 1. The van der Waals surface area contributed by atoms with Crippen molar-refractivity contribution in [1.82, 2.24) is 5.32 Å². The molecule has 0 spiro atoms. The Balaban J connectivity index is 2.24. The number of para-hydroxylation sites is 1. The minimum atomic E-state index is -4.37. The van der Waals surface area contributed by atoms with E-state index in [2.05, 4.69) is 5.32 Å². The van der Waals surface area contributed by atoms with Crippen molar-refractivity contribution < 1.29 is 17.9 Å². The normalized spacial score (nSPS) is 20.3. The average molecular weight is 273 g/mol. The third-order valence-corrected chi connectivity index (χ3v) is 3.48. The van der Waals surface area contributed by atoms with Gasteiger partial charge in [-0.15, -0.1) is 0 Å². The summed E-state index contributed by atoms with van der Waals surface area (Å²) in [7, 11) is 1.29. The molecule has 0 amide bonds. The van der Waals surface area contributed by atoms with Crippen molar-refractivity contribution in [2.45, 2.75) is 37.9 Å². The summed E-state index contributed by atoms with van der Waals surface area (Å²) in [6.07, 6.45) is -0.539. The maximum atomic E-state index is 12.9. The zero-order valence-electron chi connectivity index (χ0n) is 10.9. The fourth-order valence-corrected chi connectivity index (χ4v) is 2.57. The van der Waals surface area contributed by atoms with Crippen molar-refractivity contribution in [2.24, 2.45) is 0 Å². The molecule has 2 nitrogen and oxygen atoms in total. The quantitative estimate of drug-likeness (QED) is 0.911. The second-order valence-electron chi connectivity index (χ2n) is 4.85. The Kier molecular flexibility index (Phi) is 4.34. The Hall–Kier alpha value is -1.23. The van der Waals surface area contributed by atoms with E-state index in [0.717, 1.165) is 31.9 Å². The molecule has 5 heteroatoms. The molecule has 1 heterocycles. The van der Waals surface area contributed by atoms with Gasteiger partial charge in [0, 0.05) is 6.04 Å². The first-order valence-corrected chi connectivity index (χ1v) is 6.49. The molecule has 0 radical (unpaired) electrons. The van der Waals surface area contributed by atoms with Crippen LogP contribution >= 0.6 is 0 Å². The Morgan fingerprint density at radius 2 is 2.11 bits per heavy atom.